The van der Waals surface area contributed by atoms with E-state index in [1.807, 2.05) is 13.5 Å². The average Bonchev–Trinajstić information content (AvgIpc) is 2.35. The Balaban J connectivity index is 4.15. The summed E-state index contributed by atoms with van der Waals surface area (Å²) in [4.78, 5) is 11.2. The van der Waals surface area contributed by atoms with Crippen LogP contribution in [0.3, 0.4) is 0 Å². The monoisotopic (exact) mass is 334 g/mol. The van der Waals surface area contributed by atoms with E-state index in [9.17, 15) is 22.0 Å². The summed E-state index contributed by atoms with van der Waals surface area (Å²) in [5.74, 6) is -0.933. The van der Waals surface area contributed by atoms with Crippen molar-refractivity contribution in [3.8, 4) is 0 Å². The van der Waals surface area contributed by atoms with Crippen LogP contribution in [0.25, 0.3) is 0 Å². The van der Waals surface area contributed by atoms with Crippen molar-refractivity contribution < 1.29 is 35.7 Å². The van der Waals surface area contributed by atoms with Crippen molar-refractivity contribution in [1.29, 1.82) is 0 Å². The molecule has 0 spiro atoms. The van der Waals surface area contributed by atoms with Gasteiger partial charge in [0.05, 0.1) is 0 Å². The van der Waals surface area contributed by atoms with Crippen molar-refractivity contribution in [2.45, 2.75) is 43.7 Å². The summed E-state index contributed by atoms with van der Waals surface area (Å²) in [5, 5.41) is -4.48. The molecule has 0 radical (unpaired) electrons. The van der Waals surface area contributed by atoms with Crippen molar-refractivity contribution in [2.75, 3.05) is 13.7 Å². The van der Waals surface area contributed by atoms with E-state index in [2.05, 4.69) is 4.74 Å². The molecule has 1 atom stereocenters. The average molecular weight is 334 g/mol. The van der Waals surface area contributed by atoms with Crippen LogP contribution in [0, 0.1) is 0 Å². The molecule has 1 unspecified atom stereocenters. The SMILES string of the molecule is CC[Si](C)(CCCC(=O)OCC(F)(F)S(=O)(=O)O)OC. The summed E-state index contributed by atoms with van der Waals surface area (Å²) in [6, 6.07) is 1.53. The second-order valence-electron chi connectivity index (χ2n) is 4.63. The molecule has 0 fully saturated rings. The summed E-state index contributed by atoms with van der Waals surface area (Å²) in [5.41, 5.74) is 0. The minimum Gasteiger partial charge on any atom is -0.458 e. The quantitative estimate of drug-likeness (QED) is 0.394. The maximum Gasteiger partial charge on any atom is 0.402 e. The van der Waals surface area contributed by atoms with Crippen LogP contribution >= 0.6 is 0 Å². The number of halogens is 2. The van der Waals surface area contributed by atoms with Gasteiger partial charge in [0.1, 0.15) is 0 Å². The number of hydrogen-bond acceptors (Lipinski definition) is 5. The van der Waals surface area contributed by atoms with Gasteiger partial charge in [0, 0.05) is 13.5 Å². The lowest BCUT2D eigenvalue weighted by molar-refractivity contribution is -0.149. The minimum atomic E-state index is -5.57. The second-order valence-corrected chi connectivity index (χ2v) is 10.7. The van der Waals surface area contributed by atoms with Gasteiger partial charge in [-0.05, 0) is 25.1 Å². The number of carbonyl (C=O) groups is 1. The molecule has 1 N–H and O–H groups in total. The molecular weight excluding hydrogens is 314 g/mol. The number of carbonyl (C=O) groups excluding carboxylic acids is 1. The van der Waals surface area contributed by atoms with Crippen LogP contribution < -0.4 is 0 Å². The number of ether oxygens (including phenoxy) is 1. The van der Waals surface area contributed by atoms with E-state index in [4.69, 9.17) is 8.98 Å². The van der Waals surface area contributed by atoms with E-state index in [1.54, 1.807) is 7.11 Å². The molecule has 0 aromatic heterocycles. The zero-order valence-corrected chi connectivity index (χ0v) is 13.5. The summed E-state index contributed by atoms with van der Waals surface area (Å²) in [6.45, 7) is 2.28. The predicted octanol–water partition coefficient (Wildman–Crippen LogP) is 2.03. The first-order valence-electron chi connectivity index (χ1n) is 6.03. The van der Waals surface area contributed by atoms with E-state index >= 15 is 0 Å². The van der Waals surface area contributed by atoms with Crippen molar-refractivity contribution in [3.63, 3.8) is 0 Å². The van der Waals surface area contributed by atoms with Crippen LogP contribution in [0.15, 0.2) is 0 Å². The highest BCUT2D eigenvalue weighted by atomic mass is 32.2. The number of hydrogen-bond donors (Lipinski definition) is 1. The Morgan fingerprint density at radius 3 is 2.35 bits per heavy atom. The van der Waals surface area contributed by atoms with E-state index in [0.717, 1.165) is 6.04 Å². The molecule has 0 saturated heterocycles. The van der Waals surface area contributed by atoms with Crippen molar-refractivity contribution in [1.82, 2.24) is 0 Å². The lowest BCUT2D eigenvalue weighted by atomic mass is 10.3. The Hall–Kier alpha value is -0.583. The number of alkyl halides is 2. The minimum absolute atomic E-state index is 0.104. The molecule has 0 amide bonds. The summed E-state index contributed by atoms with van der Waals surface area (Å²) in [6.07, 6.45) is 0.314. The Labute approximate surface area is 118 Å². The zero-order valence-electron chi connectivity index (χ0n) is 11.7. The van der Waals surface area contributed by atoms with Gasteiger partial charge in [-0.3, -0.25) is 9.35 Å². The van der Waals surface area contributed by atoms with Gasteiger partial charge in [-0.1, -0.05) is 6.92 Å². The normalized spacial score (nSPS) is 15.7. The Kier molecular flexibility index (Phi) is 7.22. The summed E-state index contributed by atoms with van der Waals surface area (Å²) in [7, 11) is -5.82. The maximum absolute atomic E-state index is 12.8. The molecule has 0 aliphatic heterocycles. The van der Waals surface area contributed by atoms with Crippen LogP contribution in [-0.4, -0.2) is 46.2 Å². The van der Waals surface area contributed by atoms with Crippen LogP contribution in [0.4, 0.5) is 8.78 Å². The van der Waals surface area contributed by atoms with Gasteiger partial charge in [-0.25, -0.2) is 0 Å². The predicted molar refractivity (Wildman–Crippen MR) is 70.6 cm³/mol. The fourth-order valence-electron chi connectivity index (χ4n) is 1.34. The number of esters is 1. The van der Waals surface area contributed by atoms with Gasteiger partial charge in [-0.15, -0.1) is 0 Å². The first kappa shape index (κ1) is 19.4. The topological polar surface area (TPSA) is 89.9 Å². The van der Waals surface area contributed by atoms with Crippen molar-refractivity contribution in [3.05, 3.63) is 0 Å². The Bertz CT molecular complexity index is 421. The molecule has 0 bridgehead atoms. The van der Waals surface area contributed by atoms with Crippen LogP contribution in [0.1, 0.15) is 19.8 Å². The molecule has 6 nitrogen and oxygen atoms in total. The molecule has 0 rings (SSSR count). The van der Waals surface area contributed by atoms with E-state index in [1.165, 1.54) is 0 Å². The second kappa shape index (κ2) is 7.43. The zero-order chi connectivity index (χ0) is 16.0. The van der Waals surface area contributed by atoms with Crippen LogP contribution in [0.5, 0.6) is 0 Å². The highest BCUT2D eigenvalue weighted by Gasteiger charge is 2.45. The van der Waals surface area contributed by atoms with E-state index in [0.29, 0.717) is 12.5 Å². The van der Waals surface area contributed by atoms with E-state index < -0.39 is 36.3 Å². The lowest BCUT2D eigenvalue weighted by Gasteiger charge is -2.23. The van der Waals surface area contributed by atoms with Crippen LogP contribution in [-0.2, 0) is 24.1 Å². The van der Waals surface area contributed by atoms with Gasteiger partial charge < -0.3 is 9.16 Å². The fourth-order valence-corrected chi connectivity index (χ4v) is 3.32. The molecule has 0 aliphatic carbocycles. The molecular formula is C10H20F2O6SSi. The van der Waals surface area contributed by atoms with Crippen molar-refractivity contribution in [2.24, 2.45) is 0 Å². The fraction of sp³-hybridized carbons (Fsp3) is 0.900. The summed E-state index contributed by atoms with van der Waals surface area (Å²) >= 11 is 0. The molecule has 0 saturated carbocycles. The standard InChI is InChI=1S/C10H20F2O6SSi/c1-4-20(3,17-2)7-5-6-9(13)18-8-10(11,12)19(14,15)16/h4-8H2,1-3H3,(H,14,15,16). The van der Waals surface area contributed by atoms with Gasteiger partial charge in [0.15, 0.2) is 14.9 Å². The smallest absolute Gasteiger partial charge is 0.402 e. The maximum atomic E-state index is 12.8. The molecule has 0 aromatic carbocycles. The third-order valence-electron chi connectivity index (χ3n) is 3.11. The summed E-state index contributed by atoms with van der Waals surface area (Å²) < 4.78 is 63.9. The molecule has 20 heavy (non-hydrogen) atoms. The Morgan fingerprint density at radius 1 is 1.40 bits per heavy atom. The highest BCUT2D eigenvalue weighted by molar-refractivity contribution is 7.86. The molecule has 0 aliphatic rings. The van der Waals surface area contributed by atoms with Gasteiger partial charge in [0.25, 0.3) is 0 Å². The van der Waals surface area contributed by atoms with Gasteiger partial charge >= 0.3 is 21.3 Å². The molecule has 120 valence electrons. The van der Waals surface area contributed by atoms with E-state index in [-0.39, 0.29) is 6.42 Å². The molecule has 0 aromatic rings. The lowest BCUT2D eigenvalue weighted by Crippen LogP contribution is -2.35. The Morgan fingerprint density at radius 2 is 1.95 bits per heavy atom. The van der Waals surface area contributed by atoms with Crippen molar-refractivity contribution >= 4 is 24.4 Å². The highest BCUT2D eigenvalue weighted by Crippen LogP contribution is 2.22. The largest absolute Gasteiger partial charge is 0.458 e. The first-order valence-corrected chi connectivity index (χ1v) is 10.3. The third kappa shape index (κ3) is 6.24. The van der Waals surface area contributed by atoms with Crippen LogP contribution in [0.2, 0.25) is 18.6 Å². The van der Waals surface area contributed by atoms with Gasteiger partial charge in [-0.2, -0.15) is 17.2 Å². The molecule has 0 heterocycles. The first-order chi connectivity index (χ1) is 8.97. The van der Waals surface area contributed by atoms with Gasteiger partial charge in [0.2, 0.25) is 0 Å². The third-order valence-corrected chi connectivity index (χ3v) is 7.87. The number of rotatable bonds is 9. The molecule has 10 heteroatoms.